The van der Waals surface area contributed by atoms with E-state index < -0.39 is 5.60 Å². The summed E-state index contributed by atoms with van der Waals surface area (Å²) in [6, 6.07) is 3.91. The highest BCUT2D eigenvalue weighted by molar-refractivity contribution is 5.71. The van der Waals surface area contributed by atoms with Crippen molar-refractivity contribution in [3.8, 4) is 0 Å². The van der Waals surface area contributed by atoms with E-state index in [4.69, 9.17) is 0 Å². The van der Waals surface area contributed by atoms with Crippen molar-refractivity contribution >= 4 is 11.5 Å². The number of hydrogen-bond donors (Lipinski definition) is 4. The summed E-state index contributed by atoms with van der Waals surface area (Å²) in [5, 5.41) is 17.6. The zero-order chi connectivity index (χ0) is 18.7. The van der Waals surface area contributed by atoms with Gasteiger partial charge in [0.2, 0.25) is 0 Å². The quantitative estimate of drug-likeness (QED) is 0.638. The van der Waals surface area contributed by atoms with Crippen LogP contribution in [0.3, 0.4) is 0 Å². The molecular weight excluding hydrogens is 328 g/mol. The number of nitrogens with one attached hydrogen (secondary N) is 3. The minimum absolute atomic E-state index is 0.649. The molecule has 1 aliphatic heterocycles. The zero-order valence-electron chi connectivity index (χ0n) is 15.7. The Morgan fingerprint density at radius 2 is 2.12 bits per heavy atom. The lowest BCUT2D eigenvalue weighted by Crippen LogP contribution is -2.24. The van der Waals surface area contributed by atoms with Crippen molar-refractivity contribution in [2.45, 2.75) is 46.3 Å². The van der Waals surface area contributed by atoms with E-state index in [2.05, 4.69) is 39.3 Å². The standard InChI is InChI=1S/C19H26N6O/c1-13-5-8-20-12-15(13)17-11-16(22-23-17)14(2)21-18-6-9-25(24-18)10-7-19(3,4)26/h5-6,8-9,11-12,22-23,26H,7,10H2,1-4H3,(H,21,24)/b16-14-. The highest BCUT2D eigenvalue weighted by atomic mass is 16.3. The fourth-order valence-corrected chi connectivity index (χ4v) is 2.64. The molecule has 0 radical (unpaired) electrons. The molecule has 2 aromatic heterocycles. The summed E-state index contributed by atoms with van der Waals surface area (Å²) in [5.74, 6) is 0.770. The first-order valence-electron chi connectivity index (χ1n) is 8.70. The number of nitrogens with zero attached hydrogens (tertiary/aromatic N) is 3. The van der Waals surface area contributed by atoms with Gasteiger partial charge in [-0.05, 0) is 51.8 Å². The number of aromatic nitrogens is 3. The van der Waals surface area contributed by atoms with Crippen molar-refractivity contribution in [2.24, 2.45) is 0 Å². The Morgan fingerprint density at radius 3 is 2.85 bits per heavy atom. The van der Waals surface area contributed by atoms with Gasteiger partial charge in [-0.25, -0.2) is 0 Å². The molecule has 3 rings (SSSR count). The molecule has 138 valence electrons. The molecule has 2 aromatic rings. The fraction of sp³-hybridized carbons (Fsp3) is 0.368. The molecule has 0 saturated heterocycles. The van der Waals surface area contributed by atoms with Gasteiger partial charge in [-0.3, -0.25) is 15.1 Å². The average Bonchev–Trinajstić information content (AvgIpc) is 3.22. The van der Waals surface area contributed by atoms with Crippen molar-refractivity contribution in [1.29, 1.82) is 0 Å². The van der Waals surface area contributed by atoms with Crippen LogP contribution in [0.15, 0.2) is 48.2 Å². The van der Waals surface area contributed by atoms with Crippen LogP contribution in [0.5, 0.6) is 0 Å². The summed E-state index contributed by atoms with van der Waals surface area (Å²) in [4.78, 5) is 4.19. The zero-order valence-corrected chi connectivity index (χ0v) is 15.7. The van der Waals surface area contributed by atoms with Crippen LogP contribution in [0.4, 0.5) is 5.82 Å². The van der Waals surface area contributed by atoms with Gasteiger partial charge in [0.25, 0.3) is 0 Å². The van der Waals surface area contributed by atoms with Gasteiger partial charge < -0.3 is 15.8 Å². The van der Waals surface area contributed by atoms with Crippen LogP contribution in [0, 0.1) is 6.92 Å². The maximum atomic E-state index is 9.82. The Hall–Kier alpha value is -2.80. The molecule has 0 spiro atoms. The number of hydrogen-bond acceptors (Lipinski definition) is 6. The van der Waals surface area contributed by atoms with Crippen LogP contribution in [0.1, 0.15) is 38.3 Å². The molecule has 0 aliphatic carbocycles. The Kier molecular flexibility index (Phi) is 4.99. The van der Waals surface area contributed by atoms with Crippen LogP contribution >= 0.6 is 0 Å². The maximum absolute atomic E-state index is 9.82. The maximum Gasteiger partial charge on any atom is 0.152 e. The molecule has 0 atom stereocenters. The summed E-state index contributed by atoms with van der Waals surface area (Å²) in [7, 11) is 0. The lowest BCUT2D eigenvalue weighted by molar-refractivity contribution is 0.0651. The van der Waals surface area contributed by atoms with Crippen molar-refractivity contribution in [3.05, 3.63) is 59.3 Å². The lowest BCUT2D eigenvalue weighted by atomic mass is 10.1. The first kappa shape index (κ1) is 18.0. The number of aliphatic hydroxyl groups is 1. The molecule has 1 aliphatic rings. The monoisotopic (exact) mass is 354 g/mol. The first-order chi connectivity index (χ1) is 12.3. The molecule has 4 N–H and O–H groups in total. The van der Waals surface area contributed by atoms with Gasteiger partial charge in [0.15, 0.2) is 5.82 Å². The normalized spacial score (nSPS) is 16.0. The second-order valence-electron chi connectivity index (χ2n) is 7.19. The van der Waals surface area contributed by atoms with Crippen molar-refractivity contribution in [3.63, 3.8) is 0 Å². The molecular formula is C19H26N6O. The van der Waals surface area contributed by atoms with E-state index in [0.717, 1.165) is 34.0 Å². The van der Waals surface area contributed by atoms with Gasteiger partial charge in [-0.1, -0.05) is 0 Å². The molecule has 7 nitrogen and oxygen atoms in total. The van der Waals surface area contributed by atoms with Gasteiger partial charge in [0, 0.05) is 42.5 Å². The summed E-state index contributed by atoms with van der Waals surface area (Å²) < 4.78 is 1.83. The SMILES string of the molecule is C/C(Nc1ccn(CCC(C)(C)O)n1)=C1\C=C(c2cnccc2C)NN1. The van der Waals surface area contributed by atoms with Crippen LogP contribution in [0.25, 0.3) is 5.70 Å². The molecule has 0 amide bonds. The average molecular weight is 354 g/mol. The highest BCUT2D eigenvalue weighted by Crippen LogP contribution is 2.21. The number of anilines is 1. The van der Waals surface area contributed by atoms with Gasteiger partial charge >= 0.3 is 0 Å². The molecule has 3 heterocycles. The molecule has 0 fully saturated rings. The molecule has 26 heavy (non-hydrogen) atoms. The first-order valence-corrected chi connectivity index (χ1v) is 8.70. The van der Waals surface area contributed by atoms with E-state index in [1.54, 1.807) is 20.0 Å². The van der Waals surface area contributed by atoms with E-state index in [-0.39, 0.29) is 0 Å². The van der Waals surface area contributed by atoms with Crippen LogP contribution in [-0.2, 0) is 6.54 Å². The van der Waals surface area contributed by atoms with E-state index in [1.165, 1.54) is 0 Å². The summed E-state index contributed by atoms with van der Waals surface area (Å²) in [6.45, 7) is 8.33. The largest absolute Gasteiger partial charge is 0.390 e. The van der Waals surface area contributed by atoms with Gasteiger partial charge in [-0.15, -0.1) is 0 Å². The van der Waals surface area contributed by atoms with E-state index in [0.29, 0.717) is 13.0 Å². The molecule has 0 unspecified atom stereocenters. The molecule has 0 bridgehead atoms. The third kappa shape index (κ3) is 4.43. The van der Waals surface area contributed by atoms with Crippen molar-refractivity contribution in [1.82, 2.24) is 25.6 Å². The predicted octanol–water partition coefficient (Wildman–Crippen LogP) is 2.54. The lowest BCUT2D eigenvalue weighted by Gasteiger charge is -2.16. The second-order valence-corrected chi connectivity index (χ2v) is 7.19. The number of rotatable bonds is 6. The smallest absolute Gasteiger partial charge is 0.152 e. The van der Waals surface area contributed by atoms with E-state index in [1.807, 2.05) is 36.1 Å². The number of hydrazine groups is 1. The van der Waals surface area contributed by atoms with Crippen LogP contribution < -0.4 is 16.2 Å². The highest BCUT2D eigenvalue weighted by Gasteiger charge is 2.15. The van der Waals surface area contributed by atoms with Gasteiger partial charge in [0.1, 0.15) is 0 Å². The van der Waals surface area contributed by atoms with Gasteiger partial charge in [-0.2, -0.15) is 5.10 Å². The van der Waals surface area contributed by atoms with Gasteiger partial charge in [0.05, 0.1) is 17.0 Å². The Morgan fingerprint density at radius 1 is 1.31 bits per heavy atom. The minimum atomic E-state index is -0.692. The van der Waals surface area contributed by atoms with Crippen molar-refractivity contribution in [2.75, 3.05) is 5.32 Å². The van der Waals surface area contributed by atoms with E-state index in [9.17, 15) is 5.11 Å². The number of aryl methyl sites for hydroxylation is 2. The molecule has 0 saturated carbocycles. The molecule has 7 heteroatoms. The minimum Gasteiger partial charge on any atom is -0.390 e. The van der Waals surface area contributed by atoms with Crippen molar-refractivity contribution < 1.29 is 5.11 Å². The predicted molar refractivity (Wildman–Crippen MR) is 103 cm³/mol. The Labute approximate surface area is 153 Å². The Bertz CT molecular complexity index is 844. The summed E-state index contributed by atoms with van der Waals surface area (Å²) >= 11 is 0. The number of allylic oxidation sites excluding steroid dienone is 2. The molecule has 0 aromatic carbocycles. The fourth-order valence-electron chi connectivity index (χ4n) is 2.64. The summed E-state index contributed by atoms with van der Waals surface area (Å²) in [5.41, 5.74) is 10.8. The third-order valence-corrected chi connectivity index (χ3v) is 4.26. The topological polar surface area (TPSA) is 87.0 Å². The third-order valence-electron chi connectivity index (χ3n) is 4.26. The Balaban J connectivity index is 1.69. The van der Waals surface area contributed by atoms with E-state index >= 15 is 0 Å². The summed E-state index contributed by atoms with van der Waals surface area (Å²) in [6.07, 6.45) is 8.26. The van der Waals surface area contributed by atoms with Crippen LogP contribution in [0.2, 0.25) is 0 Å². The second kappa shape index (κ2) is 7.21. The number of pyridine rings is 1. The van der Waals surface area contributed by atoms with Crippen LogP contribution in [-0.4, -0.2) is 25.5 Å².